The molecule has 0 aliphatic carbocycles. The third-order valence-corrected chi connectivity index (χ3v) is 3.75. The summed E-state index contributed by atoms with van der Waals surface area (Å²) in [6, 6.07) is 6.16. The van der Waals surface area contributed by atoms with Crippen LogP contribution < -0.4 is 9.46 Å². The summed E-state index contributed by atoms with van der Waals surface area (Å²) in [4.78, 5) is 10.4. The van der Waals surface area contributed by atoms with E-state index in [1.54, 1.807) is 12.1 Å². The van der Waals surface area contributed by atoms with Gasteiger partial charge in [-0.05, 0) is 25.5 Å². The number of carboxylic acid groups (broad SMARTS) is 1. The second kappa shape index (κ2) is 7.10. The van der Waals surface area contributed by atoms with Gasteiger partial charge in [0.2, 0.25) is 10.0 Å². The second-order valence-electron chi connectivity index (χ2n) is 3.80. The molecule has 0 atom stereocenters. The van der Waals surface area contributed by atoms with Gasteiger partial charge in [0.25, 0.3) is 0 Å². The number of rotatable bonds is 8. The van der Waals surface area contributed by atoms with Crippen molar-refractivity contribution in [2.45, 2.75) is 24.7 Å². The van der Waals surface area contributed by atoms with E-state index in [0.717, 1.165) is 0 Å². The third kappa shape index (κ3) is 5.27. The molecule has 0 fully saturated rings. The Labute approximate surface area is 112 Å². The summed E-state index contributed by atoms with van der Waals surface area (Å²) in [5.41, 5.74) is 0. The van der Waals surface area contributed by atoms with Crippen molar-refractivity contribution in [2.75, 3.05) is 13.2 Å². The van der Waals surface area contributed by atoms with Crippen molar-refractivity contribution in [1.29, 1.82) is 0 Å². The zero-order valence-corrected chi connectivity index (χ0v) is 11.4. The van der Waals surface area contributed by atoms with E-state index in [2.05, 4.69) is 4.72 Å². The van der Waals surface area contributed by atoms with E-state index in [9.17, 15) is 13.2 Å². The molecule has 0 saturated carbocycles. The van der Waals surface area contributed by atoms with E-state index < -0.39 is 16.0 Å². The Bertz CT molecular complexity index is 527. The van der Waals surface area contributed by atoms with Crippen LogP contribution in [0.15, 0.2) is 29.2 Å². The maximum absolute atomic E-state index is 11.9. The predicted octanol–water partition coefficient (Wildman–Crippen LogP) is 1.23. The first-order valence-electron chi connectivity index (χ1n) is 5.90. The number of ether oxygens (including phenoxy) is 1. The fraction of sp³-hybridized carbons (Fsp3) is 0.417. The molecule has 0 saturated heterocycles. The van der Waals surface area contributed by atoms with Gasteiger partial charge in [-0.15, -0.1) is 0 Å². The number of nitrogens with one attached hydrogen (secondary N) is 1. The molecule has 1 aromatic carbocycles. The molecule has 1 aromatic rings. The van der Waals surface area contributed by atoms with Gasteiger partial charge < -0.3 is 9.84 Å². The molecular weight excluding hydrogens is 270 g/mol. The average molecular weight is 287 g/mol. The van der Waals surface area contributed by atoms with Crippen molar-refractivity contribution >= 4 is 16.0 Å². The molecule has 7 heteroatoms. The Morgan fingerprint density at radius 2 is 2.16 bits per heavy atom. The summed E-state index contributed by atoms with van der Waals surface area (Å²) in [5.74, 6) is -0.464. The number of carbonyl (C=O) groups is 1. The molecule has 6 nitrogen and oxygen atoms in total. The van der Waals surface area contributed by atoms with Crippen LogP contribution in [0.25, 0.3) is 0 Å². The molecule has 0 aliphatic heterocycles. The third-order valence-electron chi connectivity index (χ3n) is 2.29. The van der Waals surface area contributed by atoms with Crippen LogP contribution in [0.5, 0.6) is 5.75 Å². The first-order chi connectivity index (χ1) is 8.95. The molecule has 0 aliphatic rings. The minimum absolute atomic E-state index is 0.0680. The summed E-state index contributed by atoms with van der Waals surface area (Å²) in [6.07, 6.45) is 0.182. The van der Waals surface area contributed by atoms with Crippen molar-refractivity contribution < 1.29 is 23.1 Å². The van der Waals surface area contributed by atoms with Crippen LogP contribution >= 0.6 is 0 Å². The second-order valence-corrected chi connectivity index (χ2v) is 5.57. The molecular formula is C12H17NO5S. The minimum Gasteiger partial charge on any atom is -0.494 e. The van der Waals surface area contributed by atoms with Gasteiger partial charge in [0, 0.05) is 19.0 Å². The Morgan fingerprint density at radius 1 is 1.42 bits per heavy atom. The van der Waals surface area contributed by atoms with Crippen LogP contribution in [0.1, 0.15) is 19.8 Å². The molecule has 0 heterocycles. The predicted molar refractivity (Wildman–Crippen MR) is 69.7 cm³/mol. The Morgan fingerprint density at radius 3 is 2.79 bits per heavy atom. The number of aliphatic carboxylic acids is 1. The lowest BCUT2D eigenvalue weighted by molar-refractivity contribution is -0.137. The summed E-state index contributed by atoms with van der Waals surface area (Å²) >= 11 is 0. The smallest absolute Gasteiger partial charge is 0.303 e. The number of carboxylic acids is 1. The molecule has 0 amide bonds. The number of benzene rings is 1. The molecule has 0 spiro atoms. The standard InChI is InChI=1S/C12H17NO5S/c1-2-18-10-5-3-6-11(9-10)19(16,17)13-8-4-7-12(14)15/h3,5-6,9,13H,2,4,7-8H2,1H3,(H,14,15). The minimum atomic E-state index is -3.62. The van der Waals surface area contributed by atoms with Crippen molar-refractivity contribution in [1.82, 2.24) is 4.72 Å². The molecule has 0 unspecified atom stereocenters. The molecule has 0 bridgehead atoms. The molecule has 0 aromatic heterocycles. The average Bonchev–Trinajstić information content (AvgIpc) is 2.35. The highest BCUT2D eigenvalue weighted by molar-refractivity contribution is 7.89. The van der Waals surface area contributed by atoms with Gasteiger partial charge in [-0.1, -0.05) is 6.07 Å². The largest absolute Gasteiger partial charge is 0.494 e. The maximum Gasteiger partial charge on any atom is 0.303 e. The summed E-state index contributed by atoms with van der Waals surface area (Å²) in [6.45, 7) is 2.36. The topological polar surface area (TPSA) is 92.7 Å². The summed E-state index contributed by atoms with van der Waals surface area (Å²) in [7, 11) is -3.62. The van der Waals surface area contributed by atoms with Crippen LogP contribution in [0.3, 0.4) is 0 Å². The Kier molecular flexibility index (Phi) is 5.78. The zero-order valence-electron chi connectivity index (χ0n) is 10.6. The lowest BCUT2D eigenvalue weighted by Gasteiger charge is -2.08. The fourth-order valence-electron chi connectivity index (χ4n) is 1.43. The highest BCUT2D eigenvalue weighted by Crippen LogP contribution is 2.17. The highest BCUT2D eigenvalue weighted by Gasteiger charge is 2.14. The van der Waals surface area contributed by atoms with E-state index in [0.29, 0.717) is 12.4 Å². The van der Waals surface area contributed by atoms with Gasteiger partial charge in [0.15, 0.2) is 0 Å². The van der Waals surface area contributed by atoms with E-state index in [1.807, 2.05) is 6.92 Å². The van der Waals surface area contributed by atoms with Gasteiger partial charge in [0.1, 0.15) is 5.75 Å². The van der Waals surface area contributed by atoms with E-state index in [1.165, 1.54) is 12.1 Å². The molecule has 2 N–H and O–H groups in total. The molecule has 106 valence electrons. The first kappa shape index (κ1) is 15.5. The van der Waals surface area contributed by atoms with Crippen LogP contribution in [0.2, 0.25) is 0 Å². The monoisotopic (exact) mass is 287 g/mol. The van der Waals surface area contributed by atoms with Crippen molar-refractivity contribution in [3.63, 3.8) is 0 Å². The first-order valence-corrected chi connectivity index (χ1v) is 7.38. The van der Waals surface area contributed by atoms with Gasteiger partial charge in [-0.25, -0.2) is 13.1 Å². The van der Waals surface area contributed by atoms with Crippen LogP contribution in [0, 0.1) is 0 Å². The van der Waals surface area contributed by atoms with Crippen molar-refractivity contribution in [2.24, 2.45) is 0 Å². The highest BCUT2D eigenvalue weighted by atomic mass is 32.2. The van der Waals surface area contributed by atoms with Crippen molar-refractivity contribution in [3.05, 3.63) is 24.3 Å². The lowest BCUT2D eigenvalue weighted by atomic mass is 10.3. The Hall–Kier alpha value is -1.60. The maximum atomic E-state index is 11.9. The van der Waals surface area contributed by atoms with Gasteiger partial charge >= 0.3 is 5.97 Å². The Balaban J connectivity index is 2.66. The fourth-order valence-corrected chi connectivity index (χ4v) is 2.54. The molecule has 1 rings (SSSR count). The molecule has 0 radical (unpaired) electrons. The van der Waals surface area contributed by atoms with Crippen LogP contribution in [0.4, 0.5) is 0 Å². The van der Waals surface area contributed by atoms with E-state index >= 15 is 0 Å². The quantitative estimate of drug-likeness (QED) is 0.701. The number of hydrogen-bond acceptors (Lipinski definition) is 4. The molecule has 19 heavy (non-hydrogen) atoms. The SMILES string of the molecule is CCOc1cccc(S(=O)(=O)NCCCC(=O)O)c1. The zero-order chi connectivity index (χ0) is 14.3. The number of hydrogen-bond donors (Lipinski definition) is 2. The van der Waals surface area contributed by atoms with Crippen LogP contribution in [-0.4, -0.2) is 32.6 Å². The van der Waals surface area contributed by atoms with E-state index in [-0.39, 0.29) is 24.3 Å². The summed E-state index contributed by atoms with van der Waals surface area (Å²) in [5, 5.41) is 8.46. The summed E-state index contributed by atoms with van der Waals surface area (Å²) < 4.78 is 31.4. The van der Waals surface area contributed by atoms with Gasteiger partial charge in [0.05, 0.1) is 11.5 Å². The van der Waals surface area contributed by atoms with Gasteiger partial charge in [-0.3, -0.25) is 4.79 Å². The van der Waals surface area contributed by atoms with Crippen LogP contribution in [-0.2, 0) is 14.8 Å². The number of sulfonamides is 1. The van der Waals surface area contributed by atoms with Crippen molar-refractivity contribution in [3.8, 4) is 5.75 Å². The lowest BCUT2D eigenvalue weighted by Crippen LogP contribution is -2.25. The van der Waals surface area contributed by atoms with E-state index in [4.69, 9.17) is 9.84 Å². The van der Waals surface area contributed by atoms with Gasteiger partial charge in [-0.2, -0.15) is 0 Å². The normalized spacial score (nSPS) is 11.2.